The number of aromatic nitrogens is 2. The molecule has 2 aromatic rings. The summed E-state index contributed by atoms with van der Waals surface area (Å²) in [5.41, 5.74) is 9.83. The van der Waals surface area contributed by atoms with Crippen LogP contribution in [0.5, 0.6) is 0 Å². The molecule has 0 amide bonds. The molecule has 14 heteroatoms. The average molecular weight is 482 g/mol. The Morgan fingerprint density at radius 2 is 1.97 bits per heavy atom. The zero-order chi connectivity index (χ0) is 24.3. The van der Waals surface area contributed by atoms with Gasteiger partial charge in [0.25, 0.3) is 6.43 Å². The Bertz CT molecular complexity index is 993. The third-order valence-corrected chi connectivity index (χ3v) is 5.15. The number of alkyl halides is 2. The highest BCUT2D eigenvalue weighted by Gasteiger charge is 2.20. The van der Waals surface area contributed by atoms with Gasteiger partial charge in [-0.1, -0.05) is 17.3 Å². The fraction of sp³-hybridized carbons (Fsp3) is 0.550. The molecular formula is C20H29F2N9O3. The van der Waals surface area contributed by atoms with E-state index in [0.29, 0.717) is 57.0 Å². The maximum absolute atomic E-state index is 13.7. The lowest BCUT2D eigenvalue weighted by atomic mass is 10.3. The molecule has 1 aliphatic rings. The van der Waals surface area contributed by atoms with Crippen molar-refractivity contribution in [3.8, 4) is 0 Å². The Balaban J connectivity index is 1.87. The van der Waals surface area contributed by atoms with Crippen molar-refractivity contribution in [2.24, 2.45) is 20.9 Å². The molecule has 1 aromatic heterocycles. The Morgan fingerprint density at radius 3 is 2.68 bits per heavy atom. The molecule has 0 bridgehead atoms. The largest absolute Gasteiger partial charge is 0.395 e. The molecule has 0 unspecified atom stereocenters. The van der Waals surface area contributed by atoms with Gasteiger partial charge in [0.05, 0.1) is 43.9 Å². The monoisotopic (exact) mass is 481 g/mol. The minimum absolute atomic E-state index is 0.0199. The molecule has 4 N–H and O–H groups in total. The van der Waals surface area contributed by atoms with Crippen molar-refractivity contribution >= 4 is 23.0 Å². The number of rotatable bonds is 10. The molecule has 0 spiro atoms. The first kappa shape index (κ1) is 25.4. The fourth-order valence-electron chi connectivity index (χ4n) is 3.43. The number of ether oxygens (including phenoxy) is 1. The number of hydrogen-bond acceptors (Lipinski definition) is 7. The van der Waals surface area contributed by atoms with Crippen LogP contribution in [-0.2, 0) is 4.74 Å². The summed E-state index contributed by atoms with van der Waals surface area (Å²) in [7, 11) is 0. The summed E-state index contributed by atoms with van der Waals surface area (Å²) in [6, 6.07) is 6.72. The number of aliphatic hydroxyl groups excluding tert-OH is 1. The van der Waals surface area contributed by atoms with E-state index in [-0.39, 0.29) is 31.6 Å². The van der Waals surface area contributed by atoms with Crippen molar-refractivity contribution in [2.75, 3.05) is 71.1 Å². The van der Waals surface area contributed by atoms with Gasteiger partial charge in [0.2, 0.25) is 5.96 Å². The van der Waals surface area contributed by atoms with Crippen LogP contribution >= 0.6 is 0 Å². The summed E-state index contributed by atoms with van der Waals surface area (Å²) in [5.74, 6) is -0.283. The quantitative estimate of drug-likeness (QED) is 0.254. The van der Waals surface area contributed by atoms with E-state index >= 15 is 0 Å². The van der Waals surface area contributed by atoms with Crippen molar-refractivity contribution in [3.63, 3.8) is 0 Å². The first-order valence-electron chi connectivity index (χ1n) is 10.9. The fourth-order valence-corrected chi connectivity index (χ4v) is 3.43. The molecular weight excluding hydrogens is 452 g/mol. The number of aliphatic imine (C=N–C) groups is 2. The van der Waals surface area contributed by atoms with Crippen molar-refractivity contribution < 1.29 is 18.6 Å². The van der Waals surface area contributed by atoms with Gasteiger partial charge in [0, 0.05) is 32.7 Å². The van der Waals surface area contributed by atoms with E-state index in [2.05, 4.69) is 25.6 Å². The van der Waals surface area contributed by atoms with Gasteiger partial charge in [-0.05, 0) is 12.1 Å². The number of nitrogens with one attached hydrogen (secondary N) is 1. The minimum Gasteiger partial charge on any atom is -0.395 e. The molecule has 0 aliphatic carbocycles. The summed E-state index contributed by atoms with van der Waals surface area (Å²) >= 11 is 0. The molecule has 1 aliphatic heterocycles. The zero-order valence-corrected chi connectivity index (χ0v) is 18.7. The van der Waals surface area contributed by atoms with E-state index in [9.17, 15) is 18.8 Å². The maximum atomic E-state index is 13.7. The van der Waals surface area contributed by atoms with Crippen LogP contribution in [0.3, 0.4) is 0 Å². The molecule has 3 rings (SSSR count). The van der Waals surface area contributed by atoms with Crippen LogP contribution in [0.4, 0.5) is 8.78 Å². The van der Waals surface area contributed by atoms with Crippen molar-refractivity contribution in [1.29, 1.82) is 0 Å². The second kappa shape index (κ2) is 12.9. The van der Waals surface area contributed by atoms with Crippen LogP contribution in [0.15, 0.2) is 39.4 Å². The Morgan fingerprint density at radius 1 is 1.24 bits per heavy atom. The number of halogens is 2. The van der Waals surface area contributed by atoms with Gasteiger partial charge in [-0.15, -0.1) is 0 Å². The van der Waals surface area contributed by atoms with Crippen molar-refractivity contribution in [2.45, 2.75) is 6.43 Å². The molecule has 12 nitrogen and oxygen atoms in total. The highest BCUT2D eigenvalue weighted by atomic mass is 19.3. The summed E-state index contributed by atoms with van der Waals surface area (Å²) in [6.45, 7) is 3.38. The average Bonchev–Trinajstić information content (AvgIpc) is 3.21. The smallest absolute Gasteiger partial charge is 0.297 e. The summed E-state index contributed by atoms with van der Waals surface area (Å²) in [5, 5.41) is 12.1. The minimum atomic E-state index is -2.84. The van der Waals surface area contributed by atoms with E-state index in [1.807, 2.05) is 9.80 Å². The predicted octanol–water partition coefficient (Wildman–Crippen LogP) is 0.581. The topological polar surface area (TPSA) is 146 Å². The Labute approximate surface area is 195 Å². The summed E-state index contributed by atoms with van der Waals surface area (Å²) < 4.78 is 33.9. The van der Waals surface area contributed by atoms with Crippen LogP contribution in [0, 0.1) is 4.91 Å². The SMILES string of the molecule is NC(=NC(=NCCN(CCO)CCN=O)Nn1c(C(F)F)nc2ccccc21)N1CCOCC1. The molecule has 34 heavy (non-hydrogen) atoms. The number of fused-ring (bicyclic) bond motifs is 1. The van der Waals surface area contributed by atoms with Gasteiger partial charge in [-0.2, -0.15) is 9.90 Å². The number of morpholine rings is 1. The van der Waals surface area contributed by atoms with Gasteiger partial charge in [-0.25, -0.2) is 23.4 Å². The Hall–Kier alpha value is -3.23. The van der Waals surface area contributed by atoms with Gasteiger partial charge in [0.1, 0.15) is 0 Å². The summed E-state index contributed by atoms with van der Waals surface area (Å²) in [4.78, 5) is 26.9. The number of hydrogen-bond donors (Lipinski definition) is 3. The predicted molar refractivity (Wildman–Crippen MR) is 125 cm³/mol. The van der Waals surface area contributed by atoms with Crippen molar-refractivity contribution in [1.82, 2.24) is 19.5 Å². The lowest BCUT2D eigenvalue weighted by Crippen LogP contribution is -2.45. The Kier molecular flexibility index (Phi) is 9.61. The molecule has 1 saturated heterocycles. The van der Waals surface area contributed by atoms with E-state index < -0.39 is 12.2 Å². The van der Waals surface area contributed by atoms with Crippen molar-refractivity contribution in [3.05, 3.63) is 35.0 Å². The molecule has 2 heterocycles. The van der Waals surface area contributed by atoms with Crippen LogP contribution < -0.4 is 11.2 Å². The molecule has 0 radical (unpaired) electrons. The standard InChI is InChI=1S/C20H29F2N9O3/c21-17(22)18-26-15-3-1-2-4-16(15)31(18)28-20(27-19(23)30-10-13-34-14-11-30)24-5-7-29(9-12-32)8-6-25-33/h1-4,17,32H,5-14H2,(H3,23,24,27,28). The number of nitrogens with zero attached hydrogens (tertiary/aromatic N) is 7. The number of benzene rings is 1. The zero-order valence-electron chi connectivity index (χ0n) is 18.7. The maximum Gasteiger partial charge on any atom is 0.297 e. The van der Waals surface area contributed by atoms with Crippen LogP contribution in [0.2, 0.25) is 0 Å². The molecule has 186 valence electrons. The lowest BCUT2D eigenvalue weighted by Gasteiger charge is -2.27. The number of guanidine groups is 2. The number of nitroso groups, excluding NO2 is 1. The first-order valence-corrected chi connectivity index (χ1v) is 10.9. The third-order valence-electron chi connectivity index (χ3n) is 5.15. The van der Waals surface area contributed by atoms with Crippen LogP contribution in [0.25, 0.3) is 11.0 Å². The highest BCUT2D eigenvalue weighted by molar-refractivity contribution is 5.99. The molecule has 0 saturated carbocycles. The second-order valence-electron chi connectivity index (χ2n) is 7.40. The van der Waals surface area contributed by atoms with E-state index in [4.69, 9.17) is 10.5 Å². The molecule has 1 aromatic carbocycles. The third kappa shape index (κ3) is 6.88. The normalized spacial score (nSPS) is 15.5. The van der Waals surface area contributed by atoms with Gasteiger partial charge >= 0.3 is 0 Å². The number of aliphatic hydroxyl groups is 1. The number of para-hydroxylation sites is 2. The van der Waals surface area contributed by atoms with Gasteiger partial charge in [-0.3, -0.25) is 10.3 Å². The van der Waals surface area contributed by atoms with E-state index in [1.165, 1.54) is 0 Å². The van der Waals surface area contributed by atoms with E-state index in [1.54, 1.807) is 24.3 Å². The molecule has 0 atom stereocenters. The molecule has 1 fully saturated rings. The van der Waals surface area contributed by atoms with Gasteiger partial charge < -0.3 is 20.5 Å². The second-order valence-corrected chi connectivity index (χ2v) is 7.40. The number of imidazole rings is 1. The number of nitrogens with two attached hydrogens (primary N) is 1. The summed E-state index contributed by atoms with van der Waals surface area (Å²) in [6.07, 6.45) is -2.84. The van der Waals surface area contributed by atoms with Crippen LogP contribution in [-0.4, -0.2) is 102 Å². The lowest BCUT2D eigenvalue weighted by molar-refractivity contribution is 0.0676. The van der Waals surface area contributed by atoms with Crippen LogP contribution in [0.1, 0.15) is 12.2 Å². The first-order chi connectivity index (χ1) is 16.5. The van der Waals surface area contributed by atoms with Gasteiger partial charge in [0.15, 0.2) is 11.8 Å². The van der Waals surface area contributed by atoms with E-state index in [0.717, 1.165) is 4.68 Å². The highest BCUT2D eigenvalue weighted by Crippen LogP contribution is 2.22.